The summed E-state index contributed by atoms with van der Waals surface area (Å²) in [6, 6.07) is 0. The van der Waals surface area contributed by atoms with Crippen LogP contribution in [0.15, 0.2) is 6.20 Å². The van der Waals surface area contributed by atoms with Crippen LogP contribution in [0, 0.1) is 0 Å². The summed E-state index contributed by atoms with van der Waals surface area (Å²) in [5.41, 5.74) is -0.0574. The molecule has 1 N–H and O–H groups in total. The van der Waals surface area contributed by atoms with Gasteiger partial charge in [-0.3, -0.25) is 0 Å². The summed E-state index contributed by atoms with van der Waals surface area (Å²) < 4.78 is 19.8. The first-order valence-electron chi connectivity index (χ1n) is 4.19. The van der Waals surface area contributed by atoms with Crippen LogP contribution in [0.5, 0.6) is 0 Å². The lowest BCUT2D eigenvalue weighted by atomic mass is 10.3. The van der Waals surface area contributed by atoms with Gasteiger partial charge in [0, 0.05) is 12.7 Å². The number of halogens is 1. The van der Waals surface area contributed by atoms with Gasteiger partial charge in [0.25, 0.3) is 0 Å². The highest BCUT2D eigenvalue weighted by Gasteiger charge is 2.24. The molecule has 2 heterocycles. The lowest BCUT2D eigenvalue weighted by Gasteiger charge is -2.13. The summed E-state index contributed by atoms with van der Waals surface area (Å²) in [6.45, 7) is 1.45. The number of hydrogen-bond donors (Lipinski definition) is 1. The SMILES string of the molecule is O=C(O)C(F)c1cn2c(n1)COCC2. The molecule has 1 unspecified atom stereocenters. The molecule has 1 aliphatic rings. The number of rotatable bonds is 2. The first-order chi connectivity index (χ1) is 6.68. The molecule has 76 valence electrons. The summed E-state index contributed by atoms with van der Waals surface area (Å²) in [5.74, 6) is -0.934. The quantitative estimate of drug-likeness (QED) is 0.755. The Hall–Kier alpha value is -1.43. The molecule has 2 rings (SSSR count). The van der Waals surface area contributed by atoms with E-state index in [1.807, 2.05) is 0 Å². The zero-order valence-electron chi connectivity index (χ0n) is 7.31. The first-order valence-corrected chi connectivity index (χ1v) is 4.19. The number of ether oxygens (including phenoxy) is 1. The van der Waals surface area contributed by atoms with Crippen molar-refractivity contribution in [1.29, 1.82) is 0 Å². The van der Waals surface area contributed by atoms with Crippen LogP contribution in [0.25, 0.3) is 0 Å². The van der Waals surface area contributed by atoms with Gasteiger partial charge in [0.2, 0.25) is 6.17 Å². The maximum Gasteiger partial charge on any atom is 0.344 e. The van der Waals surface area contributed by atoms with Gasteiger partial charge in [0.15, 0.2) is 0 Å². The number of hydrogen-bond acceptors (Lipinski definition) is 3. The highest BCUT2D eigenvalue weighted by Crippen LogP contribution is 2.19. The molecule has 1 aromatic rings. The van der Waals surface area contributed by atoms with Crippen molar-refractivity contribution in [2.24, 2.45) is 0 Å². The molecule has 0 aromatic carbocycles. The van der Waals surface area contributed by atoms with E-state index in [1.54, 1.807) is 4.57 Å². The molecule has 0 saturated carbocycles. The molecule has 0 amide bonds. The minimum absolute atomic E-state index is 0.0574. The average molecular weight is 200 g/mol. The number of carbonyl (C=O) groups is 1. The second-order valence-electron chi connectivity index (χ2n) is 3.03. The van der Waals surface area contributed by atoms with Crippen molar-refractivity contribution in [3.63, 3.8) is 0 Å². The Morgan fingerprint density at radius 1 is 1.79 bits per heavy atom. The van der Waals surface area contributed by atoms with Crippen molar-refractivity contribution >= 4 is 5.97 Å². The van der Waals surface area contributed by atoms with E-state index in [-0.39, 0.29) is 5.69 Å². The van der Waals surface area contributed by atoms with Gasteiger partial charge >= 0.3 is 5.97 Å². The van der Waals surface area contributed by atoms with Crippen LogP contribution < -0.4 is 0 Å². The van der Waals surface area contributed by atoms with Crippen LogP contribution in [-0.2, 0) is 22.7 Å². The second kappa shape index (κ2) is 3.38. The van der Waals surface area contributed by atoms with Gasteiger partial charge in [-0.2, -0.15) is 0 Å². The number of imidazole rings is 1. The van der Waals surface area contributed by atoms with Gasteiger partial charge in [-0.1, -0.05) is 0 Å². The minimum atomic E-state index is -2.05. The number of carboxylic acids is 1. The molecule has 0 aliphatic carbocycles. The van der Waals surface area contributed by atoms with Crippen molar-refractivity contribution in [3.8, 4) is 0 Å². The Morgan fingerprint density at radius 2 is 2.57 bits per heavy atom. The highest BCUT2D eigenvalue weighted by molar-refractivity contribution is 5.73. The smallest absolute Gasteiger partial charge is 0.344 e. The maximum atomic E-state index is 13.0. The molecule has 0 saturated heterocycles. The topological polar surface area (TPSA) is 64.3 Å². The van der Waals surface area contributed by atoms with E-state index in [2.05, 4.69) is 4.98 Å². The summed E-state index contributed by atoms with van der Waals surface area (Å²) >= 11 is 0. The van der Waals surface area contributed by atoms with E-state index >= 15 is 0 Å². The molecule has 5 nitrogen and oxygen atoms in total. The zero-order valence-corrected chi connectivity index (χ0v) is 7.31. The number of fused-ring (bicyclic) bond motifs is 1. The Balaban J connectivity index is 2.28. The Bertz CT molecular complexity index is 340. The summed E-state index contributed by atoms with van der Waals surface area (Å²) in [5, 5.41) is 8.44. The average Bonchev–Trinajstić information content (AvgIpc) is 2.59. The van der Waals surface area contributed by atoms with Crippen molar-refractivity contribution < 1.29 is 19.0 Å². The van der Waals surface area contributed by atoms with E-state index < -0.39 is 12.1 Å². The number of alkyl halides is 1. The first kappa shape index (κ1) is 9.14. The third kappa shape index (κ3) is 1.48. The largest absolute Gasteiger partial charge is 0.479 e. The molecule has 6 heteroatoms. The number of carboxylic acid groups (broad SMARTS) is 1. The molecular weight excluding hydrogens is 191 g/mol. The zero-order chi connectivity index (χ0) is 10.1. The molecule has 0 fully saturated rings. The van der Waals surface area contributed by atoms with Gasteiger partial charge in [0.05, 0.1) is 6.61 Å². The Morgan fingerprint density at radius 3 is 3.21 bits per heavy atom. The summed E-state index contributed by atoms with van der Waals surface area (Å²) in [4.78, 5) is 14.2. The lowest BCUT2D eigenvalue weighted by molar-refractivity contribution is -0.143. The predicted octanol–water partition coefficient (Wildman–Crippen LogP) is 0.508. The van der Waals surface area contributed by atoms with E-state index in [4.69, 9.17) is 9.84 Å². The molecule has 1 atom stereocenters. The second-order valence-corrected chi connectivity index (χ2v) is 3.03. The van der Waals surface area contributed by atoms with Gasteiger partial charge in [-0.05, 0) is 0 Å². The molecule has 0 bridgehead atoms. The monoisotopic (exact) mass is 200 g/mol. The Labute approximate surface area is 79.1 Å². The number of aromatic nitrogens is 2. The van der Waals surface area contributed by atoms with Crippen molar-refractivity contribution in [2.45, 2.75) is 19.3 Å². The lowest BCUT2D eigenvalue weighted by Crippen LogP contribution is -2.15. The van der Waals surface area contributed by atoms with Crippen LogP contribution in [-0.4, -0.2) is 27.2 Å². The van der Waals surface area contributed by atoms with Crippen LogP contribution in [0.2, 0.25) is 0 Å². The molecule has 0 radical (unpaired) electrons. The minimum Gasteiger partial charge on any atom is -0.479 e. The third-order valence-corrected chi connectivity index (χ3v) is 2.06. The number of nitrogens with zero attached hydrogens (tertiary/aromatic N) is 2. The third-order valence-electron chi connectivity index (χ3n) is 2.06. The Kier molecular flexibility index (Phi) is 2.20. The van der Waals surface area contributed by atoms with Gasteiger partial charge in [0.1, 0.15) is 18.1 Å². The molecule has 1 aromatic heterocycles. The van der Waals surface area contributed by atoms with Gasteiger partial charge in [-0.25, -0.2) is 14.2 Å². The van der Waals surface area contributed by atoms with Crippen molar-refractivity contribution in [2.75, 3.05) is 6.61 Å². The standard InChI is InChI=1S/C8H9FN2O3/c9-7(8(12)13)5-3-11-1-2-14-4-6(11)10-5/h3,7H,1-2,4H2,(H,12,13). The van der Waals surface area contributed by atoms with Crippen LogP contribution in [0.3, 0.4) is 0 Å². The fourth-order valence-corrected chi connectivity index (χ4v) is 1.36. The molecular formula is C8H9FN2O3. The van der Waals surface area contributed by atoms with Crippen LogP contribution in [0.4, 0.5) is 4.39 Å². The van der Waals surface area contributed by atoms with E-state index in [1.165, 1.54) is 6.20 Å². The van der Waals surface area contributed by atoms with Crippen LogP contribution in [0.1, 0.15) is 17.7 Å². The van der Waals surface area contributed by atoms with E-state index in [0.29, 0.717) is 25.6 Å². The molecule has 14 heavy (non-hydrogen) atoms. The van der Waals surface area contributed by atoms with Gasteiger partial charge < -0.3 is 14.4 Å². The van der Waals surface area contributed by atoms with Crippen molar-refractivity contribution in [1.82, 2.24) is 9.55 Å². The maximum absolute atomic E-state index is 13.0. The molecule has 0 spiro atoms. The molecule has 1 aliphatic heterocycles. The predicted molar refractivity (Wildman–Crippen MR) is 43.4 cm³/mol. The summed E-state index contributed by atoms with van der Waals surface area (Å²) in [6.07, 6.45) is -0.621. The normalized spacial score (nSPS) is 17.5. The highest BCUT2D eigenvalue weighted by atomic mass is 19.1. The van der Waals surface area contributed by atoms with E-state index in [9.17, 15) is 9.18 Å². The van der Waals surface area contributed by atoms with Crippen LogP contribution >= 0.6 is 0 Å². The van der Waals surface area contributed by atoms with E-state index in [0.717, 1.165) is 0 Å². The van der Waals surface area contributed by atoms with Gasteiger partial charge in [-0.15, -0.1) is 0 Å². The van der Waals surface area contributed by atoms with Crippen molar-refractivity contribution in [3.05, 3.63) is 17.7 Å². The fourth-order valence-electron chi connectivity index (χ4n) is 1.36. The fraction of sp³-hybridized carbons (Fsp3) is 0.500. The number of aliphatic carboxylic acids is 1. The summed E-state index contributed by atoms with van der Waals surface area (Å²) in [7, 11) is 0.